The highest BCUT2D eigenvalue weighted by Gasteiger charge is 2.00. The lowest BCUT2D eigenvalue weighted by molar-refractivity contribution is 0.626. The summed E-state index contributed by atoms with van der Waals surface area (Å²) in [5.41, 5.74) is 1.93. The normalized spacial score (nSPS) is 10.3. The minimum Gasteiger partial charge on any atom is -0.380 e. The summed E-state index contributed by atoms with van der Waals surface area (Å²) in [7, 11) is 0. The molecule has 1 aromatic heterocycles. The van der Waals surface area contributed by atoms with E-state index < -0.39 is 0 Å². The molecule has 0 spiro atoms. The summed E-state index contributed by atoms with van der Waals surface area (Å²) in [5.74, 6) is -0.374. The summed E-state index contributed by atoms with van der Waals surface area (Å²) in [6.07, 6.45) is 0. The standard InChI is InChI=1S/C11H9ClFNS/c12-10-2-1-8(5-11(10)13)6-14-9-3-4-15-7-9/h1-5,7,14H,6H2. The van der Waals surface area contributed by atoms with E-state index in [0.717, 1.165) is 11.3 Å². The Labute approximate surface area is 96.5 Å². The van der Waals surface area contributed by atoms with Crippen molar-refractivity contribution in [2.24, 2.45) is 0 Å². The summed E-state index contributed by atoms with van der Waals surface area (Å²) in [4.78, 5) is 0. The molecular formula is C11H9ClFNS. The summed E-state index contributed by atoms with van der Waals surface area (Å²) in [6, 6.07) is 6.81. The highest BCUT2D eigenvalue weighted by molar-refractivity contribution is 7.08. The zero-order valence-electron chi connectivity index (χ0n) is 7.84. The Morgan fingerprint density at radius 2 is 2.20 bits per heavy atom. The van der Waals surface area contributed by atoms with Crippen molar-refractivity contribution >= 4 is 28.6 Å². The molecule has 2 rings (SSSR count). The van der Waals surface area contributed by atoms with Crippen LogP contribution in [0.4, 0.5) is 10.1 Å². The minimum absolute atomic E-state index is 0.161. The molecule has 0 unspecified atom stereocenters. The molecule has 1 heterocycles. The number of rotatable bonds is 3. The quantitative estimate of drug-likeness (QED) is 0.851. The molecule has 0 bridgehead atoms. The first kappa shape index (κ1) is 10.5. The van der Waals surface area contributed by atoms with Gasteiger partial charge in [0.25, 0.3) is 0 Å². The van der Waals surface area contributed by atoms with Crippen molar-refractivity contribution in [3.05, 3.63) is 51.4 Å². The molecule has 4 heteroatoms. The number of hydrogen-bond acceptors (Lipinski definition) is 2. The lowest BCUT2D eigenvalue weighted by atomic mass is 10.2. The molecule has 1 nitrogen and oxygen atoms in total. The molecule has 0 saturated heterocycles. The van der Waals surface area contributed by atoms with Crippen molar-refractivity contribution in [1.29, 1.82) is 0 Å². The van der Waals surface area contributed by atoms with Crippen LogP contribution in [0.25, 0.3) is 0 Å². The SMILES string of the molecule is Fc1cc(CNc2ccsc2)ccc1Cl. The number of thiophene rings is 1. The molecule has 0 radical (unpaired) electrons. The van der Waals surface area contributed by atoms with Crippen LogP contribution in [0.15, 0.2) is 35.0 Å². The van der Waals surface area contributed by atoms with Crippen LogP contribution >= 0.6 is 22.9 Å². The van der Waals surface area contributed by atoms with E-state index in [2.05, 4.69) is 5.32 Å². The molecule has 78 valence electrons. The fourth-order valence-electron chi connectivity index (χ4n) is 1.22. The summed E-state index contributed by atoms with van der Waals surface area (Å²) in [5, 5.41) is 7.35. The second kappa shape index (κ2) is 4.64. The van der Waals surface area contributed by atoms with Gasteiger partial charge >= 0.3 is 0 Å². The molecule has 0 saturated carbocycles. The monoisotopic (exact) mass is 241 g/mol. The third-order valence-corrected chi connectivity index (χ3v) is 2.99. The summed E-state index contributed by atoms with van der Waals surface area (Å²) in [6.45, 7) is 0.602. The molecular weight excluding hydrogens is 233 g/mol. The molecule has 1 N–H and O–H groups in total. The first-order valence-corrected chi connectivity index (χ1v) is 5.78. The lowest BCUT2D eigenvalue weighted by Crippen LogP contribution is -1.98. The van der Waals surface area contributed by atoms with Crippen LogP contribution in [0.2, 0.25) is 5.02 Å². The number of benzene rings is 1. The zero-order chi connectivity index (χ0) is 10.7. The molecule has 0 aliphatic carbocycles. The van der Waals surface area contributed by atoms with Gasteiger partial charge in [0.05, 0.1) is 5.02 Å². The summed E-state index contributed by atoms with van der Waals surface area (Å²) >= 11 is 7.21. The van der Waals surface area contributed by atoms with Crippen LogP contribution in [-0.2, 0) is 6.54 Å². The topological polar surface area (TPSA) is 12.0 Å². The van der Waals surface area contributed by atoms with E-state index in [1.54, 1.807) is 17.4 Å². The lowest BCUT2D eigenvalue weighted by Gasteiger charge is -2.04. The van der Waals surface area contributed by atoms with E-state index in [0.29, 0.717) is 6.54 Å². The van der Waals surface area contributed by atoms with Crippen molar-refractivity contribution in [3.63, 3.8) is 0 Å². The van der Waals surface area contributed by atoms with Gasteiger partial charge in [-0.15, -0.1) is 0 Å². The van der Waals surface area contributed by atoms with Crippen molar-refractivity contribution in [2.45, 2.75) is 6.54 Å². The smallest absolute Gasteiger partial charge is 0.142 e. The van der Waals surface area contributed by atoms with Gasteiger partial charge in [0, 0.05) is 17.6 Å². The van der Waals surface area contributed by atoms with E-state index in [4.69, 9.17) is 11.6 Å². The number of halogens is 2. The fourth-order valence-corrected chi connectivity index (χ4v) is 1.95. The van der Waals surface area contributed by atoms with Crippen LogP contribution in [-0.4, -0.2) is 0 Å². The Hall–Kier alpha value is -1.06. The predicted molar refractivity (Wildman–Crippen MR) is 63.1 cm³/mol. The van der Waals surface area contributed by atoms with E-state index in [-0.39, 0.29) is 10.8 Å². The average Bonchev–Trinajstić information content (AvgIpc) is 2.73. The zero-order valence-corrected chi connectivity index (χ0v) is 9.41. The van der Waals surface area contributed by atoms with E-state index in [1.807, 2.05) is 22.9 Å². The first-order valence-electron chi connectivity index (χ1n) is 4.46. The molecule has 1 aromatic carbocycles. The van der Waals surface area contributed by atoms with Gasteiger partial charge in [0.15, 0.2) is 0 Å². The largest absolute Gasteiger partial charge is 0.380 e. The maximum atomic E-state index is 13.1. The number of hydrogen-bond donors (Lipinski definition) is 1. The third-order valence-electron chi connectivity index (χ3n) is 2.00. The van der Waals surface area contributed by atoms with Gasteiger partial charge in [-0.05, 0) is 29.1 Å². The Morgan fingerprint density at radius 3 is 2.87 bits per heavy atom. The van der Waals surface area contributed by atoms with E-state index in [9.17, 15) is 4.39 Å². The van der Waals surface area contributed by atoms with Crippen LogP contribution in [0.5, 0.6) is 0 Å². The van der Waals surface area contributed by atoms with Gasteiger partial charge in [-0.25, -0.2) is 4.39 Å². The molecule has 0 amide bonds. The van der Waals surface area contributed by atoms with Gasteiger partial charge in [0.1, 0.15) is 5.82 Å². The Balaban J connectivity index is 2.02. The minimum atomic E-state index is -0.374. The Bertz CT molecular complexity index is 442. The van der Waals surface area contributed by atoms with Gasteiger partial charge in [-0.2, -0.15) is 11.3 Å². The Morgan fingerprint density at radius 1 is 1.33 bits per heavy atom. The molecule has 0 aliphatic rings. The van der Waals surface area contributed by atoms with Crippen LogP contribution < -0.4 is 5.32 Å². The highest BCUT2D eigenvalue weighted by Crippen LogP contribution is 2.17. The van der Waals surface area contributed by atoms with E-state index in [1.165, 1.54) is 6.07 Å². The number of nitrogens with one attached hydrogen (secondary N) is 1. The summed E-state index contributed by atoms with van der Waals surface area (Å²) < 4.78 is 13.1. The van der Waals surface area contributed by atoms with Crippen molar-refractivity contribution < 1.29 is 4.39 Å². The van der Waals surface area contributed by atoms with Crippen molar-refractivity contribution in [1.82, 2.24) is 0 Å². The maximum Gasteiger partial charge on any atom is 0.142 e. The second-order valence-electron chi connectivity index (χ2n) is 3.11. The first-order chi connectivity index (χ1) is 7.25. The Kier molecular flexibility index (Phi) is 3.23. The van der Waals surface area contributed by atoms with Crippen LogP contribution in [0.3, 0.4) is 0 Å². The van der Waals surface area contributed by atoms with Gasteiger partial charge in [-0.1, -0.05) is 17.7 Å². The molecule has 0 aliphatic heterocycles. The number of anilines is 1. The van der Waals surface area contributed by atoms with E-state index >= 15 is 0 Å². The van der Waals surface area contributed by atoms with Crippen LogP contribution in [0, 0.1) is 5.82 Å². The third kappa shape index (κ3) is 2.70. The van der Waals surface area contributed by atoms with Crippen molar-refractivity contribution in [3.8, 4) is 0 Å². The maximum absolute atomic E-state index is 13.1. The fraction of sp³-hybridized carbons (Fsp3) is 0.0909. The van der Waals surface area contributed by atoms with Gasteiger partial charge in [-0.3, -0.25) is 0 Å². The van der Waals surface area contributed by atoms with Crippen LogP contribution in [0.1, 0.15) is 5.56 Å². The molecule has 0 atom stereocenters. The van der Waals surface area contributed by atoms with Crippen molar-refractivity contribution in [2.75, 3.05) is 5.32 Å². The molecule has 15 heavy (non-hydrogen) atoms. The predicted octanol–water partition coefficient (Wildman–Crippen LogP) is 4.15. The van der Waals surface area contributed by atoms with Gasteiger partial charge < -0.3 is 5.32 Å². The molecule has 0 fully saturated rings. The molecule has 2 aromatic rings. The average molecular weight is 242 g/mol. The second-order valence-corrected chi connectivity index (χ2v) is 4.30. The highest BCUT2D eigenvalue weighted by atomic mass is 35.5. The van der Waals surface area contributed by atoms with Gasteiger partial charge in [0.2, 0.25) is 0 Å².